The number of nitrogens with one attached hydrogen (secondary N) is 1. The normalized spacial score (nSPS) is 11.7. The summed E-state index contributed by atoms with van der Waals surface area (Å²) >= 11 is 11.9. The van der Waals surface area contributed by atoms with E-state index in [0.717, 1.165) is 16.4 Å². The van der Waals surface area contributed by atoms with Crippen LogP contribution in [0.15, 0.2) is 71.6 Å². The Morgan fingerprint density at radius 1 is 1.03 bits per heavy atom. The average Bonchev–Trinajstić information content (AvgIpc) is 2.78. The molecule has 0 heterocycles. The van der Waals surface area contributed by atoms with Crippen molar-refractivity contribution in [1.29, 1.82) is 0 Å². The molecular formula is C22H17Cl2F3N2O4S. The van der Waals surface area contributed by atoms with Crippen LogP contribution in [0.4, 0.5) is 24.5 Å². The molecule has 1 N–H and O–H groups in total. The van der Waals surface area contributed by atoms with Crippen molar-refractivity contribution < 1.29 is 31.1 Å². The summed E-state index contributed by atoms with van der Waals surface area (Å²) in [5, 5.41) is 2.32. The van der Waals surface area contributed by atoms with E-state index in [-0.39, 0.29) is 26.3 Å². The second kappa shape index (κ2) is 10.1. The summed E-state index contributed by atoms with van der Waals surface area (Å²) in [6.07, 6.45) is -4.66. The van der Waals surface area contributed by atoms with Gasteiger partial charge in [-0.2, -0.15) is 13.2 Å². The maximum Gasteiger partial charge on any atom is 0.416 e. The number of benzene rings is 3. The predicted molar refractivity (Wildman–Crippen MR) is 124 cm³/mol. The summed E-state index contributed by atoms with van der Waals surface area (Å²) in [5.74, 6) is -0.497. The van der Waals surface area contributed by atoms with Gasteiger partial charge in [0.25, 0.3) is 10.0 Å². The number of rotatable bonds is 7. The molecule has 0 spiro atoms. The molecule has 3 aromatic rings. The predicted octanol–water partition coefficient (Wildman–Crippen LogP) is 5.85. The number of hydrogen-bond donors (Lipinski definition) is 1. The smallest absolute Gasteiger partial charge is 0.416 e. The summed E-state index contributed by atoms with van der Waals surface area (Å²) in [6, 6.07) is 13.7. The number of halogens is 5. The first-order valence-corrected chi connectivity index (χ1v) is 11.7. The van der Waals surface area contributed by atoms with Crippen LogP contribution >= 0.6 is 23.2 Å². The third kappa shape index (κ3) is 5.94. The molecule has 0 radical (unpaired) electrons. The molecule has 3 aromatic carbocycles. The highest BCUT2D eigenvalue weighted by Crippen LogP contribution is 2.34. The van der Waals surface area contributed by atoms with Crippen molar-refractivity contribution in [3.8, 4) is 5.75 Å². The van der Waals surface area contributed by atoms with Crippen molar-refractivity contribution >= 4 is 50.5 Å². The number of amides is 1. The number of anilines is 2. The second-order valence-electron chi connectivity index (χ2n) is 6.91. The third-order valence-corrected chi connectivity index (χ3v) is 6.95. The van der Waals surface area contributed by atoms with Crippen molar-refractivity contribution in [2.75, 3.05) is 23.3 Å². The van der Waals surface area contributed by atoms with Crippen LogP contribution in [-0.4, -0.2) is 28.0 Å². The van der Waals surface area contributed by atoms with Gasteiger partial charge in [-0.05, 0) is 60.7 Å². The molecule has 0 aromatic heterocycles. The van der Waals surface area contributed by atoms with E-state index < -0.39 is 34.2 Å². The fourth-order valence-corrected chi connectivity index (χ4v) is 4.70. The molecule has 180 valence electrons. The Morgan fingerprint density at radius 3 is 2.29 bits per heavy atom. The number of carbonyl (C=O) groups is 1. The monoisotopic (exact) mass is 532 g/mol. The largest absolute Gasteiger partial charge is 0.497 e. The van der Waals surface area contributed by atoms with E-state index in [1.807, 2.05) is 0 Å². The Bertz CT molecular complexity index is 1300. The van der Waals surface area contributed by atoms with Crippen LogP contribution in [0.5, 0.6) is 5.75 Å². The van der Waals surface area contributed by atoms with Crippen LogP contribution in [0.25, 0.3) is 0 Å². The number of ether oxygens (including phenoxy) is 1. The molecular weight excluding hydrogens is 516 g/mol. The topological polar surface area (TPSA) is 75.7 Å². The SMILES string of the molecule is COc1ccc(S(=O)(=O)N(CC(=O)Nc2cc(C(F)(F)F)ccc2Cl)c2cccc(Cl)c2)cc1. The lowest BCUT2D eigenvalue weighted by atomic mass is 10.2. The van der Waals surface area contributed by atoms with Crippen molar-refractivity contribution in [2.45, 2.75) is 11.1 Å². The van der Waals surface area contributed by atoms with E-state index in [4.69, 9.17) is 27.9 Å². The van der Waals surface area contributed by atoms with Crippen LogP contribution in [0.2, 0.25) is 10.0 Å². The van der Waals surface area contributed by atoms with Crippen LogP contribution in [-0.2, 0) is 21.0 Å². The molecule has 6 nitrogen and oxygen atoms in total. The fraction of sp³-hybridized carbons (Fsp3) is 0.136. The van der Waals surface area contributed by atoms with Gasteiger partial charge in [0.1, 0.15) is 12.3 Å². The standard InChI is InChI=1S/C22H17Cl2F3N2O4S/c1-33-17-6-8-18(9-7-17)34(31,32)29(16-4-2-3-15(23)12-16)13-21(30)28-20-11-14(22(25,26)27)5-10-19(20)24/h2-12H,13H2,1H3,(H,28,30). The summed E-state index contributed by atoms with van der Waals surface area (Å²) in [7, 11) is -2.86. The van der Waals surface area contributed by atoms with E-state index in [0.29, 0.717) is 11.8 Å². The minimum Gasteiger partial charge on any atom is -0.497 e. The summed E-state index contributed by atoms with van der Waals surface area (Å²) in [4.78, 5) is 12.6. The molecule has 12 heteroatoms. The molecule has 0 saturated heterocycles. The molecule has 34 heavy (non-hydrogen) atoms. The van der Waals surface area contributed by atoms with Gasteiger partial charge >= 0.3 is 6.18 Å². The molecule has 0 unspecified atom stereocenters. The van der Waals surface area contributed by atoms with Crippen molar-refractivity contribution in [1.82, 2.24) is 0 Å². The maximum absolute atomic E-state index is 13.4. The zero-order chi connectivity index (χ0) is 25.1. The number of hydrogen-bond acceptors (Lipinski definition) is 4. The Kier molecular flexibility index (Phi) is 7.64. The van der Waals surface area contributed by atoms with Crippen molar-refractivity contribution in [2.24, 2.45) is 0 Å². The minimum absolute atomic E-state index is 0.0774. The van der Waals surface area contributed by atoms with Gasteiger partial charge in [-0.25, -0.2) is 8.42 Å². The van der Waals surface area contributed by atoms with E-state index in [1.54, 1.807) is 0 Å². The van der Waals surface area contributed by atoms with Crippen LogP contribution in [0.1, 0.15) is 5.56 Å². The number of carbonyl (C=O) groups excluding carboxylic acids is 1. The highest BCUT2D eigenvalue weighted by atomic mass is 35.5. The molecule has 0 aliphatic heterocycles. The van der Waals surface area contributed by atoms with E-state index in [1.165, 1.54) is 55.6 Å². The van der Waals surface area contributed by atoms with Crippen LogP contribution in [0.3, 0.4) is 0 Å². The number of sulfonamides is 1. The first-order valence-electron chi connectivity index (χ1n) is 9.51. The zero-order valence-electron chi connectivity index (χ0n) is 17.4. The van der Waals surface area contributed by atoms with E-state index >= 15 is 0 Å². The van der Waals surface area contributed by atoms with Gasteiger partial charge in [0.2, 0.25) is 5.91 Å². The Hall–Kier alpha value is -2.95. The number of alkyl halides is 3. The molecule has 0 fully saturated rings. The van der Waals surface area contributed by atoms with Gasteiger partial charge in [-0.1, -0.05) is 29.3 Å². The van der Waals surface area contributed by atoms with Crippen molar-refractivity contribution in [3.63, 3.8) is 0 Å². The summed E-state index contributed by atoms with van der Waals surface area (Å²) in [6.45, 7) is -0.763. The van der Waals surface area contributed by atoms with E-state index in [2.05, 4.69) is 5.32 Å². The van der Waals surface area contributed by atoms with Crippen LogP contribution in [0, 0.1) is 0 Å². The second-order valence-corrected chi connectivity index (χ2v) is 9.61. The van der Waals surface area contributed by atoms with E-state index in [9.17, 15) is 26.4 Å². The Labute approximate surface area is 203 Å². The first kappa shape index (κ1) is 25.7. The van der Waals surface area contributed by atoms with Gasteiger partial charge in [-0.3, -0.25) is 9.10 Å². The van der Waals surface area contributed by atoms with Gasteiger partial charge in [0.15, 0.2) is 0 Å². The highest BCUT2D eigenvalue weighted by molar-refractivity contribution is 7.92. The first-order chi connectivity index (χ1) is 15.9. The molecule has 0 atom stereocenters. The van der Waals surface area contributed by atoms with Gasteiger partial charge in [0, 0.05) is 5.02 Å². The molecule has 0 aliphatic carbocycles. The highest BCUT2D eigenvalue weighted by Gasteiger charge is 2.32. The average molecular weight is 533 g/mol. The minimum atomic E-state index is -4.66. The van der Waals surface area contributed by atoms with Crippen LogP contribution < -0.4 is 14.4 Å². The maximum atomic E-state index is 13.4. The zero-order valence-corrected chi connectivity index (χ0v) is 19.8. The van der Waals surface area contributed by atoms with Gasteiger partial charge in [0.05, 0.1) is 34.0 Å². The lowest BCUT2D eigenvalue weighted by Crippen LogP contribution is -2.38. The molecule has 0 saturated carbocycles. The molecule has 0 aliphatic rings. The lowest BCUT2D eigenvalue weighted by molar-refractivity contribution is -0.137. The number of methoxy groups -OCH3 is 1. The molecule has 3 rings (SSSR count). The summed E-state index contributed by atoms with van der Waals surface area (Å²) in [5.41, 5.74) is -1.26. The van der Waals surface area contributed by atoms with Gasteiger partial charge in [-0.15, -0.1) is 0 Å². The number of nitrogens with zero attached hydrogens (tertiary/aromatic N) is 1. The molecule has 0 bridgehead atoms. The Balaban J connectivity index is 1.96. The van der Waals surface area contributed by atoms with Crippen molar-refractivity contribution in [3.05, 3.63) is 82.3 Å². The third-order valence-electron chi connectivity index (χ3n) is 4.60. The Morgan fingerprint density at radius 2 is 1.71 bits per heavy atom. The quantitative estimate of drug-likeness (QED) is 0.413. The van der Waals surface area contributed by atoms with Gasteiger partial charge < -0.3 is 10.1 Å². The molecule has 1 amide bonds. The lowest BCUT2D eigenvalue weighted by Gasteiger charge is -2.24. The fourth-order valence-electron chi connectivity index (χ4n) is 2.94. The summed E-state index contributed by atoms with van der Waals surface area (Å²) < 4.78 is 71.7.